The van der Waals surface area contributed by atoms with Crippen molar-refractivity contribution in [2.75, 3.05) is 5.01 Å². The molecule has 13 heavy (non-hydrogen) atoms. The molecule has 0 radical (unpaired) electrons. The van der Waals surface area contributed by atoms with Gasteiger partial charge in [0.25, 0.3) is 0 Å². The molecule has 1 aromatic rings. The van der Waals surface area contributed by atoms with Crippen LogP contribution in [-0.2, 0) is 6.42 Å². The maximum Gasteiger partial charge on any atom is 0.0665 e. The molecule has 0 aromatic heterocycles. The fourth-order valence-corrected chi connectivity index (χ4v) is 1.89. The van der Waals surface area contributed by atoms with Gasteiger partial charge in [-0.1, -0.05) is 18.2 Å². The van der Waals surface area contributed by atoms with Crippen LogP contribution in [0.3, 0.4) is 0 Å². The summed E-state index contributed by atoms with van der Waals surface area (Å²) in [7, 11) is 0. The largest absolute Gasteiger partial charge is 0.223 e. The van der Waals surface area contributed by atoms with Crippen LogP contribution in [0.2, 0.25) is 0 Å². The zero-order valence-corrected chi connectivity index (χ0v) is 7.82. The van der Waals surface area contributed by atoms with Crippen molar-refractivity contribution in [3.05, 3.63) is 34.7 Å². The highest BCUT2D eigenvalue weighted by Gasteiger charge is 2.36. The third-order valence-electron chi connectivity index (χ3n) is 2.50. The topological polar surface area (TPSA) is 32.7 Å². The van der Waals surface area contributed by atoms with Crippen LogP contribution >= 0.6 is 0 Å². The van der Waals surface area contributed by atoms with Crippen LogP contribution in [0.15, 0.2) is 29.6 Å². The highest BCUT2D eigenvalue weighted by Crippen LogP contribution is 2.38. The molecule has 2 rings (SSSR count). The lowest BCUT2D eigenvalue weighted by molar-refractivity contribution is 0.495. The second kappa shape index (κ2) is 2.55. The summed E-state index contributed by atoms with van der Waals surface area (Å²) in [5.74, 6) is 0. The first-order chi connectivity index (χ1) is 6.15. The zero-order chi connectivity index (χ0) is 9.47. The molecule has 0 bridgehead atoms. The summed E-state index contributed by atoms with van der Waals surface area (Å²) >= 11 is 0. The van der Waals surface area contributed by atoms with Crippen LogP contribution < -0.4 is 5.01 Å². The van der Waals surface area contributed by atoms with Crippen molar-refractivity contribution in [2.24, 2.45) is 5.29 Å². The lowest BCUT2D eigenvalue weighted by atomic mass is 10.0. The monoisotopic (exact) mass is 176 g/mol. The number of hydrogen-bond donors (Lipinski definition) is 0. The minimum Gasteiger partial charge on any atom is -0.223 e. The zero-order valence-electron chi connectivity index (χ0n) is 7.82. The van der Waals surface area contributed by atoms with Crippen LogP contribution in [-0.4, -0.2) is 5.54 Å². The van der Waals surface area contributed by atoms with E-state index in [1.54, 1.807) is 5.01 Å². The summed E-state index contributed by atoms with van der Waals surface area (Å²) in [6.07, 6.45) is 0.884. The highest BCUT2D eigenvalue weighted by molar-refractivity contribution is 5.60. The van der Waals surface area contributed by atoms with Crippen LogP contribution in [0, 0.1) is 4.91 Å². The predicted octanol–water partition coefficient (Wildman–Crippen LogP) is 2.51. The number of fused-ring (bicyclic) bond motifs is 1. The van der Waals surface area contributed by atoms with E-state index in [-0.39, 0.29) is 5.54 Å². The van der Waals surface area contributed by atoms with Crippen LogP contribution in [0.25, 0.3) is 0 Å². The molecular weight excluding hydrogens is 164 g/mol. The average molecular weight is 176 g/mol. The minimum absolute atomic E-state index is 0.175. The van der Waals surface area contributed by atoms with Crippen molar-refractivity contribution < 1.29 is 0 Å². The fourth-order valence-electron chi connectivity index (χ4n) is 1.89. The third kappa shape index (κ3) is 1.11. The van der Waals surface area contributed by atoms with Gasteiger partial charge in [-0.05, 0) is 31.9 Å². The highest BCUT2D eigenvalue weighted by atomic mass is 16.3. The Balaban J connectivity index is 2.52. The average Bonchev–Trinajstić information content (AvgIpc) is 2.33. The molecule has 0 saturated heterocycles. The summed E-state index contributed by atoms with van der Waals surface area (Å²) in [4.78, 5) is 10.7. The fraction of sp³-hybridized carbons (Fsp3) is 0.400. The van der Waals surface area contributed by atoms with Gasteiger partial charge in [0.15, 0.2) is 0 Å². The van der Waals surface area contributed by atoms with Gasteiger partial charge in [-0.15, -0.1) is 4.91 Å². The van der Waals surface area contributed by atoms with E-state index in [1.165, 1.54) is 5.56 Å². The molecule has 0 aliphatic carbocycles. The quantitative estimate of drug-likeness (QED) is 0.616. The standard InChI is InChI=1S/C10H12N2O/c1-10(2)7-8-5-3-4-6-9(8)12(10)11-13/h3-6H,7H2,1-2H3. The van der Waals surface area contributed by atoms with Crippen molar-refractivity contribution in [3.8, 4) is 0 Å². The summed E-state index contributed by atoms with van der Waals surface area (Å²) in [6, 6.07) is 7.90. The smallest absolute Gasteiger partial charge is 0.0665 e. The predicted molar refractivity (Wildman–Crippen MR) is 52.5 cm³/mol. The number of hydrogen-bond acceptors (Lipinski definition) is 2. The molecule has 0 N–H and O–H groups in total. The summed E-state index contributed by atoms with van der Waals surface area (Å²) < 4.78 is 0. The lowest BCUT2D eigenvalue weighted by Gasteiger charge is -2.25. The number of nitrogens with zero attached hydrogens (tertiary/aromatic N) is 2. The van der Waals surface area contributed by atoms with E-state index in [0.29, 0.717) is 0 Å². The minimum atomic E-state index is -0.175. The summed E-state index contributed by atoms with van der Waals surface area (Å²) in [5.41, 5.74) is 1.97. The Morgan fingerprint density at radius 2 is 2.08 bits per heavy atom. The Morgan fingerprint density at radius 1 is 1.38 bits per heavy atom. The molecule has 1 aromatic carbocycles. The van der Waals surface area contributed by atoms with Crippen LogP contribution in [0.1, 0.15) is 19.4 Å². The molecule has 1 aliphatic heterocycles. The van der Waals surface area contributed by atoms with Gasteiger partial charge in [-0.2, -0.15) is 0 Å². The number of anilines is 1. The SMILES string of the molecule is CC1(C)Cc2ccccc2N1N=O. The van der Waals surface area contributed by atoms with Crippen molar-refractivity contribution in [3.63, 3.8) is 0 Å². The number of rotatable bonds is 1. The summed E-state index contributed by atoms with van der Waals surface area (Å²) in [6.45, 7) is 4.04. The van der Waals surface area contributed by atoms with Gasteiger partial charge in [0.1, 0.15) is 0 Å². The molecule has 1 aliphatic rings. The lowest BCUT2D eigenvalue weighted by Crippen LogP contribution is -2.36. The van der Waals surface area contributed by atoms with Gasteiger partial charge < -0.3 is 0 Å². The molecule has 0 fully saturated rings. The first-order valence-electron chi connectivity index (χ1n) is 4.36. The van der Waals surface area contributed by atoms with Gasteiger partial charge >= 0.3 is 0 Å². The van der Waals surface area contributed by atoms with Gasteiger partial charge in [-0.25, -0.2) is 5.01 Å². The maximum atomic E-state index is 10.7. The van der Waals surface area contributed by atoms with E-state index in [1.807, 2.05) is 38.1 Å². The molecule has 3 nitrogen and oxygen atoms in total. The van der Waals surface area contributed by atoms with Crippen molar-refractivity contribution >= 4 is 5.69 Å². The summed E-state index contributed by atoms with van der Waals surface area (Å²) in [5, 5.41) is 4.62. The van der Waals surface area contributed by atoms with Crippen LogP contribution in [0.4, 0.5) is 5.69 Å². The Labute approximate surface area is 77.3 Å². The second-order valence-corrected chi connectivity index (χ2v) is 4.01. The molecule has 0 atom stereocenters. The van der Waals surface area contributed by atoms with Gasteiger partial charge in [0, 0.05) is 0 Å². The number of benzene rings is 1. The van der Waals surface area contributed by atoms with E-state index < -0.39 is 0 Å². The normalized spacial score (nSPS) is 18.5. The Morgan fingerprint density at radius 3 is 2.77 bits per heavy atom. The van der Waals surface area contributed by atoms with Gasteiger partial charge in [0.05, 0.1) is 16.5 Å². The Bertz CT molecular complexity index is 347. The number of para-hydroxylation sites is 1. The second-order valence-electron chi connectivity index (χ2n) is 4.01. The van der Waals surface area contributed by atoms with Gasteiger partial charge in [-0.3, -0.25) is 0 Å². The van der Waals surface area contributed by atoms with E-state index in [2.05, 4.69) is 5.29 Å². The van der Waals surface area contributed by atoms with E-state index in [0.717, 1.165) is 12.1 Å². The Kier molecular flexibility index (Phi) is 1.62. The molecular formula is C10H12N2O. The van der Waals surface area contributed by atoms with Gasteiger partial charge in [0.2, 0.25) is 0 Å². The van der Waals surface area contributed by atoms with Crippen molar-refractivity contribution in [2.45, 2.75) is 25.8 Å². The van der Waals surface area contributed by atoms with Crippen LogP contribution in [0.5, 0.6) is 0 Å². The first kappa shape index (κ1) is 8.23. The Hall–Kier alpha value is -1.38. The molecule has 0 amide bonds. The molecule has 1 heterocycles. The van der Waals surface area contributed by atoms with E-state index in [4.69, 9.17) is 0 Å². The van der Waals surface area contributed by atoms with E-state index in [9.17, 15) is 4.91 Å². The molecule has 68 valence electrons. The first-order valence-corrected chi connectivity index (χ1v) is 4.36. The molecule has 0 saturated carbocycles. The van der Waals surface area contributed by atoms with Crippen molar-refractivity contribution in [1.29, 1.82) is 0 Å². The molecule has 0 unspecified atom stereocenters. The van der Waals surface area contributed by atoms with Crippen molar-refractivity contribution in [1.82, 2.24) is 0 Å². The molecule has 3 heteroatoms. The maximum absolute atomic E-state index is 10.7. The number of nitroso groups, excluding NO2 is 1. The third-order valence-corrected chi connectivity index (χ3v) is 2.50. The molecule has 0 spiro atoms. The van der Waals surface area contributed by atoms with E-state index >= 15 is 0 Å².